The van der Waals surface area contributed by atoms with Crippen LogP contribution in [0.4, 0.5) is 26.2 Å². The van der Waals surface area contributed by atoms with Crippen LogP contribution in [0.2, 0.25) is 0 Å². The molecule has 0 atom stereocenters. The van der Waals surface area contributed by atoms with Crippen LogP contribution >= 0.6 is 0 Å². The van der Waals surface area contributed by atoms with E-state index >= 15 is 0 Å². The summed E-state index contributed by atoms with van der Waals surface area (Å²) in [5.41, 5.74) is 2.54. The highest BCUT2D eigenvalue weighted by Crippen LogP contribution is 2.32. The Morgan fingerprint density at radius 3 is 2.59 bits per heavy atom. The van der Waals surface area contributed by atoms with E-state index in [1.165, 1.54) is 0 Å². The van der Waals surface area contributed by atoms with E-state index in [9.17, 15) is 13.6 Å². The van der Waals surface area contributed by atoms with Crippen molar-refractivity contribution in [1.29, 1.82) is 0 Å². The van der Waals surface area contributed by atoms with E-state index in [0.717, 1.165) is 5.56 Å². The Morgan fingerprint density at radius 2 is 1.84 bits per heavy atom. The number of aromatic nitrogens is 2. The molecule has 9 heteroatoms. The Kier molecular flexibility index (Phi) is 6.55. The molecule has 0 aliphatic carbocycles. The second kappa shape index (κ2) is 9.36. The van der Waals surface area contributed by atoms with Gasteiger partial charge in [-0.3, -0.25) is 4.79 Å². The van der Waals surface area contributed by atoms with Gasteiger partial charge in [0.05, 0.1) is 18.9 Å². The number of anilines is 3. The molecular weight excluding hydrogens is 416 g/mol. The lowest BCUT2D eigenvalue weighted by molar-refractivity contribution is -0.0102. The van der Waals surface area contributed by atoms with E-state index in [-0.39, 0.29) is 25.3 Å². The van der Waals surface area contributed by atoms with Gasteiger partial charge in [0.25, 0.3) is 5.91 Å². The lowest BCUT2D eigenvalue weighted by Crippen LogP contribution is -2.38. The van der Waals surface area contributed by atoms with E-state index in [0.29, 0.717) is 68.0 Å². The SMILES string of the molecule is Cc1cccc(NC(=O)c2c(C)nc(N3CCOCC3)nc2N2CCCC(F)(F)CC2)c1. The molecule has 32 heavy (non-hydrogen) atoms. The van der Waals surface area contributed by atoms with E-state index in [1.54, 1.807) is 6.92 Å². The molecule has 172 valence electrons. The number of ether oxygens (including phenoxy) is 1. The van der Waals surface area contributed by atoms with Crippen molar-refractivity contribution in [2.75, 3.05) is 54.5 Å². The van der Waals surface area contributed by atoms with E-state index in [1.807, 2.05) is 41.0 Å². The predicted octanol–water partition coefficient (Wildman–Crippen LogP) is 3.81. The van der Waals surface area contributed by atoms with Crippen LogP contribution in [0.3, 0.4) is 0 Å². The summed E-state index contributed by atoms with van der Waals surface area (Å²) >= 11 is 0. The number of morpholine rings is 1. The quantitative estimate of drug-likeness (QED) is 0.772. The van der Waals surface area contributed by atoms with Crippen LogP contribution in [0.15, 0.2) is 24.3 Å². The molecule has 1 aromatic heterocycles. The molecule has 0 spiro atoms. The number of rotatable bonds is 4. The predicted molar refractivity (Wildman–Crippen MR) is 120 cm³/mol. The minimum absolute atomic E-state index is 0.136. The molecule has 0 bridgehead atoms. The molecule has 1 amide bonds. The molecular formula is C23H29F2N5O2. The third-order valence-electron chi connectivity index (χ3n) is 5.87. The smallest absolute Gasteiger partial charge is 0.261 e. The summed E-state index contributed by atoms with van der Waals surface area (Å²) in [6.45, 7) is 6.71. The first-order valence-corrected chi connectivity index (χ1v) is 11.0. The monoisotopic (exact) mass is 445 g/mol. The molecule has 2 aliphatic heterocycles. The molecule has 4 rings (SSSR count). The fourth-order valence-corrected chi connectivity index (χ4v) is 4.13. The van der Waals surface area contributed by atoms with Gasteiger partial charge in [-0.05, 0) is 38.0 Å². The maximum Gasteiger partial charge on any atom is 0.261 e. The third kappa shape index (κ3) is 5.15. The number of halogens is 2. The zero-order chi connectivity index (χ0) is 22.7. The van der Waals surface area contributed by atoms with Crippen LogP contribution in [0.1, 0.15) is 40.9 Å². The van der Waals surface area contributed by atoms with Crippen molar-refractivity contribution in [3.8, 4) is 0 Å². The fourth-order valence-electron chi connectivity index (χ4n) is 4.13. The van der Waals surface area contributed by atoms with Gasteiger partial charge in [0.15, 0.2) is 0 Å². The highest BCUT2D eigenvalue weighted by molar-refractivity contribution is 6.08. The number of carbonyl (C=O) groups is 1. The van der Waals surface area contributed by atoms with Gasteiger partial charge in [-0.15, -0.1) is 0 Å². The second-order valence-electron chi connectivity index (χ2n) is 8.43. The number of amides is 1. The lowest BCUT2D eigenvalue weighted by Gasteiger charge is -2.30. The van der Waals surface area contributed by atoms with Crippen LogP contribution in [0.25, 0.3) is 0 Å². The Bertz CT molecular complexity index is 979. The van der Waals surface area contributed by atoms with Crippen molar-refractivity contribution >= 4 is 23.4 Å². The highest BCUT2D eigenvalue weighted by Gasteiger charge is 2.34. The average molecular weight is 446 g/mol. The lowest BCUT2D eigenvalue weighted by atomic mass is 10.1. The molecule has 2 saturated heterocycles. The number of nitrogens with one attached hydrogen (secondary N) is 1. The molecule has 2 aliphatic rings. The van der Waals surface area contributed by atoms with Gasteiger partial charge in [0.2, 0.25) is 11.9 Å². The topological polar surface area (TPSA) is 70.6 Å². The zero-order valence-electron chi connectivity index (χ0n) is 18.5. The number of benzene rings is 1. The maximum absolute atomic E-state index is 14.0. The first kappa shape index (κ1) is 22.4. The first-order chi connectivity index (χ1) is 15.3. The molecule has 0 unspecified atom stereocenters. The number of hydrogen-bond acceptors (Lipinski definition) is 6. The van der Waals surface area contributed by atoms with E-state index in [4.69, 9.17) is 9.72 Å². The normalized spacial score (nSPS) is 18.9. The third-order valence-corrected chi connectivity index (χ3v) is 5.87. The summed E-state index contributed by atoms with van der Waals surface area (Å²) in [4.78, 5) is 26.5. The van der Waals surface area contributed by atoms with Crippen LogP contribution in [-0.2, 0) is 4.74 Å². The summed E-state index contributed by atoms with van der Waals surface area (Å²) in [6.07, 6.45) is -0.0849. The number of hydrogen-bond donors (Lipinski definition) is 1. The molecule has 1 aromatic carbocycles. The number of nitrogens with zero attached hydrogens (tertiary/aromatic N) is 4. The first-order valence-electron chi connectivity index (χ1n) is 11.0. The zero-order valence-corrected chi connectivity index (χ0v) is 18.5. The van der Waals surface area contributed by atoms with Gasteiger partial charge in [-0.1, -0.05) is 12.1 Å². The molecule has 3 heterocycles. The Morgan fingerprint density at radius 1 is 1.06 bits per heavy atom. The van der Waals surface area contributed by atoms with Crippen LogP contribution in [0, 0.1) is 13.8 Å². The summed E-state index contributed by atoms with van der Waals surface area (Å²) in [5, 5.41) is 2.92. The Balaban J connectivity index is 1.71. The standard InChI is InChI=1S/C23H29F2N5O2/c1-16-5-3-6-18(15-16)27-21(31)19-17(2)26-22(30-11-13-32-14-12-30)28-20(19)29-9-4-7-23(24,25)8-10-29/h3,5-6,15H,4,7-14H2,1-2H3,(H,27,31). The maximum atomic E-state index is 14.0. The van der Waals surface area contributed by atoms with Crippen molar-refractivity contribution in [2.45, 2.75) is 39.0 Å². The van der Waals surface area contributed by atoms with E-state index < -0.39 is 5.92 Å². The number of alkyl halides is 2. The Hall–Kier alpha value is -2.81. The van der Waals surface area contributed by atoms with Gasteiger partial charge < -0.3 is 19.9 Å². The second-order valence-corrected chi connectivity index (χ2v) is 8.43. The summed E-state index contributed by atoms with van der Waals surface area (Å²) in [5.74, 6) is -2.12. The van der Waals surface area contributed by atoms with Crippen LogP contribution in [0.5, 0.6) is 0 Å². The molecule has 0 radical (unpaired) electrons. The highest BCUT2D eigenvalue weighted by atomic mass is 19.3. The fraction of sp³-hybridized carbons (Fsp3) is 0.522. The van der Waals surface area contributed by atoms with Crippen LogP contribution < -0.4 is 15.1 Å². The number of carbonyl (C=O) groups excluding carboxylic acids is 1. The van der Waals surface area contributed by atoms with E-state index in [2.05, 4.69) is 10.3 Å². The molecule has 0 saturated carbocycles. The largest absolute Gasteiger partial charge is 0.378 e. The molecule has 1 N–H and O–H groups in total. The molecule has 2 aromatic rings. The molecule has 7 nitrogen and oxygen atoms in total. The number of aryl methyl sites for hydroxylation is 2. The summed E-state index contributed by atoms with van der Waals surface area (Å²) in [6, 6.07) is 7.51. The van der Waals surface area contributed by atoms with Crippen molar-refractivity contribution < 1.29 is 18.3 Å². The van der Waals surface area contributed by atoms with Gasteiger partial charge in [-0.2, -0.15) is 4.98 Å². The minimum atomic E-state index is -2.70. The van der Waals surface area contributed by atoms with Crippen molar-refractivity contribution in [3.05, 3.63) is 41.1 Å². The summed E-state index contributed by atoms with van der Waals surface area (Å²) in [7, 11) is 0. The molecule has 2 fully saturated rings. The average Bonchev–Trinajstić information content (AvgIpc) is 2.94. The van der Waals surface area contributed by atoms with Crippen molar-refractivity contribution in [1.82, 2.24) is 9.97 Å². The van der Waals surface area contributed by atoms with Gasteiger partial charge in [0, 0.05) is 44.7 Å². The van der Waals surface area contributed by atoms with Crippen molar-refractivity contribution in [3.63, 3.8) is 0 Å². The van der Waals surface area contributed by atoms with Gasteiger partial charge >= 0.3 is 0 Å². The minimum Gasteiger partial charge on any atom is -0.378 e. The van der Waals surface area contributed by atoms with Crippen LogP contribution in [-0.4, -0.2) is 61.2 Å². The Labute approximate surface area is 186 Å². The van der Waals surface area contributed by atoms with Gasteiger partial charge in [0.1, 0.15) is 11.4 Å². The summed E-state index contributed by atoms with van der Waals surface area (Å²) < 4.78 is 33.5. The van der Waals surface area contributed by atoms with Crippen molar-refractivity contribution in [2.24, 2.45) is 0 Å². The van der Waals surface area contributed by atoms with Gasteiger partial charge in [-0.25, -0.2) is 13.8 Å².